The van der Waals surface area contributed by atoms with E-state index < -0.39 is 12.2 Å². The Hall–Kier alpha value is -2.29. The standard InChI is InChI=1S/C24H40N2O6S/c1-6-7-8-9-10-11-12-13-14-15-16-33-19-17-18(31-23(27)25-2)20(29-4)22(30-5)21(19)32-24(28)26-3/h17H,6-16H2,1-5H3,(H,25,27)(H,26,28). The van der Waals surface area contributed by atoms with E-state index in [2.05, 4.69) is 17.6 Å². The van der Waals surface area contributed by atoms with Crippen molar-refractivity contribution in [1.82, 2.24) is 10.6 Å². The average molecular weight is 485 g/mol. The molecule has 1 rings (SSSR count). The number of hydrogen-bond donors (Lipinski definition) is 2. The van der Waals surface area contributed by atoms with Gasteiger partial charge >= 0.3 is 12.2 Å². The number of thioether (sulfide) groups is 1. The molecule has 0 aliphatic rings. The molecular formula is C24H40N2O6S. The van der Waals surface area contributed by atoms with Gasteiger partial charge in [0.2, 0.25) is 11.5 Å². The Labute approximate surface area is 202 Å². The second-order valence-corrected chi connectivity index (χ2v) is 8.71. The van der Waals surface area contributed by atoms with Gasteiger partial charge < -0.3 is 29.6 Å². The molecule has 0 fully saturated rings. The van der Waals surface area contributed by atoms with E-state index in [9.17, 15) is 9.59 Å². The number of ether oxygens (including phenoxy) is 4. The van der Waals surface area contributed by atoms with E-state index in [4.69, 9.17) is 18.9 Å². The highest BCUT2D eigenvalue weighted by Crippen LogP contribution is 2.50. The molecule has 0 atom stereocenters. The molecule has 0 bridgehead atoms. The fourth-order valence-corrected chi connectivity index (χ4v) is 4.33. The number of amides is 2. The van der Waals surface area contributed by atoms with Gasteiger partial charge in [-0.15, -0.1) is 11.8 Å². The van der Waals surface area contributed by atoms with Gasteiger partial charge in [-0.2, -0.15) is 0 Å². The van der Waals surface area contributed by atoms with Crippen LogP contribution in [-0.2, 0) is 0 Å². The summed E-state index contributed by atoms with van der Waals surface area (Å²) in [6, 6.07) is 1.63. The summed E-state index contributed by atoms with van der Waals surface area (Å²) < 4.78 is 21.6. The Morgan fingerprint density at radius 3 is 1.79 bits per heavy atom. The first-order chi connectivity index (χ1) is 16.0. The van der Waals surface area contributed by atoms with E-state index in [0.717, 1.165) is 18.6 Å². The second-order valence-electron chi connectivity index (χ2n) is 7.58. The molecule has 0 aromatic heterocycles. The molecule has 8 nitrogen and oxygen atoms in total. The molecule has 9 heteroatoms. The van der Waals surface area contributed by atoms with Gasteiger partial charge in [-0.05, 0) is 12.2 Å². The Morgan fingerprint density at radius 1 is 0.758 bits per heavy atom. The van der Waals surface area contributed by atoms with Crippen LogP contribution in [0.25, 0.3) is 0 Å². The third kappa shape index (κ3) is 10.5. The van der Waals surface area contributed by atoms with Gasteiger partial charge in [0, 0.05) is 20.2 Å². The lowest BCUT2D eigenvalue weighted by Gasteiger charge is -2.19. The molecule has 0 heterocycles. The first-order valence-corrected chi connectivity index (χ1v) is 12.7. The maximum Gasteiger partial charge on any atom is 0.412 e. The van der Waals surface area contributed by atoms with Gasteiger partial charge in [0.25, 0.3) is 0 Å². The number of rotatable bonds is 16. The lowest BCUT2D eigenvalue weighted by Crippen LogP contribution is -2.23. The number of carbonyl (C=O) groups excluding carboxylic acids is 2. The molecule has 33 heavy (non-hydrogen) atoms. The largest absolute Gasteiger partial charge is 0.490 e. The number of carbonyl (C=O) groups is 2. The number of hydrogen-bond acceptors (Lipinski definition) is 7. The van der Waals surface area contributed by atoms with Crippen LogP contribution in [0.4, 0.5) is 9.59 Å². The molecule has 0 unspecified atom stereocenters. The maximum absolute atomic E-state index is 11.9. The number of nitrogens with one attached hydrogen (secondary N) is 2. The third-order valence-corrected chi connectivity index (χ3v) is 6.20. The van der Waals surface area contributed by atoms with Crippen LogP contribution in [0.1, 0.15) is 71.1 Å². The van der Waals surface area contributed by atoms with Crippen molar-refractivity contribution in [3.05, 3.63) is 6.07 Å². The zero-order valence-corrected chi connectivity index (χ0v) is 21.5. The van der Waals surface area contributed by atoms with Gasteiger partial charge in [-0.1, -0.05) is 64.7 Å². The molecule has 0 spiro atoms. The lowest BCUT2D eigenvalue weighted by atomic mass is 10.1. The highest BCUT2D eigenvalue weighted by atomic mass is 32.2. The van der Waals surface area contributed by atoms with Crippen LogP contribution in [0, 0.1) is 0 Å². The van der Waals surface area contributed by atoms with Crippen molar-refractivity contribution >= 4 is 23.9 Å². The summed E-state index contributed by atoms with van der Waals surface area (Å²) in [5.74, 6) is 1.60. The predicted octanol–water partition coefficient (Wildman–Crippen LogP) is 6.15. The number of unbranched alkanes of at least 4 members (excludes halogenated alkanes) is 9. The van der Waals surface area contributed by atoms with Crippen LogP contribution in [0.2, 0.25) is 0 Å². The quantitative estimate of drug-likeness (QED) is 0.214. The van der Waals surface area contributed by atoms with E-state index in [0.29, 0.717) is 4.90 Å². The first kappa shape index (κ1) is 28.7. The molecule has 0 saturated heterocycles. The van der Waals surface area contributed by atoms with E-state index in [1.165, 1.54) is 91.4 Å². The smallest absolute Gasteiger partial charge is 0.412 e. The molecule has 0 saturated carbocycles. The monoisotopic (exact) mass is 484 g/mol. The van der Waals surface area contributed by atoms with E-state index in [-0.39, 0.29) is 23.0 Å². The van der Waals surface area contributed by atoms with E-state index in [1.54, 1.807) is 6.07 Å². The minimum atomic E-state index is -0.638. The minimum Gasteiger partial charge on any atom is -0.490 e. The molecule has 2 N–H and O–H groups in total. The van der Waals surface area contributed by atoms with Crippen molar-refractivity contribution in [3.8, 4) is 23.0 Å². The van der Waals surface area contributed by atoms with Crippen LogP contribution in [0.5, 0.6) is 23.0 Å². The molecular weight excluding hydrogens is 444 g/mol. The Balaban J connectivity index is 2.78. The van der Waals surface area contributed by atoms with Crippen LogP contribution in [-0.4, -0.2) is 46.3 Å². The molecule has 2 amide bonds. The summed E-state index contributed by atoms with van der Waals surface area (Å²) in [7, 11) is 5.81. The topological polar surface area (TPSA) is 95.1 Å². The summed E-state index contributed by atoms with van der Waals surface area (Å²) in [5.41, 5.74) is 0. The van der Waals surface area contributed by atoms with E-state index >= 15 is 0 Å². The summed E-state index contributed by atoms with van der Waals surface area (Å²) in [4.78, 5) is 24.4. The van der Waals surface area contributed by atoms with Gasteiger partial charge in [0.1, 0.15) is 0 Å². The normalized spacial score (nSPS) is 10.5. The zero-order valence-electron chi connectivity index (χ0n) is 20.7. The SMILES string of the molecule is CCCCCCCCCCCCSc1cc(OC(=O)NC)c(OC)c(OC)c1OC(=O)NC. The van der Waals surface area contributed by atoms with Gasteiger partial charge in [-0.25, -0.2) is 9.59 Å². The molecule has 0 aliphatic carbocycles. The minimum absolute atomic E-state index is 0.170. The fourth-order valence-electron chi connectivity index (χ4n) is 3.30. The zero-order chi connectivity index (χ0) is 24.5. The van der Waals surface area contributed by atoms with Crippen molar-refractivity contribution in [1.29, 1.82) is 0 Å². The third-order valence-electron chi connectivity index (χ3n) is 5.09. The Bertz CT molecular complexity index is 729. The molecule has 1 aromatic rings. The van der Waals surface area contributed by atoms with Crippen molar-refractivity contribution in [2.24, 2.45) is 0 Å². The van der Waals surface area contributed by atoms with Gasteiger partial charge in [0.15, 0.2) is 11.5 Å². The summed E-state index contributed by atoms with van der Waals surface area (Å²) in [6.07, 6.45) is 11.3. The summed E-state index contributed by atoms with van der Waals surface area (Å²) >= 11 is 1.52. The average Bonchev–Trinajstić information content (AvgIpc) is 2.82. The van der Waals surface area contributed by atoms with Crippen LogP contribution < -0.4 is 29.6 Å². The second kappa shape index (κ2) is 17.2. The van der Waals surface area contributed by atoms with Crippen LogP contribution in [0.15, 0.2) is 11.0 Å². The highest BCUT2D eigenvalue weighted by Gasteiger charge is 2.25. The molecule has 1 aromatic carbocycles. The van der Waals surface area contributed by atoms with Crippen molar-refractivity contribution in [3.63, 3.8) is 0 Å². The van der Waals surface area contributed by atoms with Crippen LogP contribution in [0.3, 0.4) is 0 Å². The van der Waals surface area contributed by atoms with Crippen molar-refractivity contribution < 1.29 is 28.5 Å². The predicted molar refractivity (Wildman–Crippen MR) is 132 cm³/mol. The van der Waals surface area contributed by atoms with Crippen LogP contribution >= 0.6 is 11.8 Å². The van der Waals surface area contributed by atoms with Gasteiger partial charge in [0.05, 0.1) is 19.1 Å². The van der Waals surface area contributed by atoms with E-state index in [1.807, 2.05) is 0 Å². The maximum atomic E-state index is 11.9. The summed E-state index contributed by atoms with van der Waals surface area (Å²) in [6.45, 7) is 2.24. The Morgan fingerprint density at radius 2 is 1.27 bits per heavy atom. The number of methoxy groups -OCH3 is 2. The van der Waals surface area contributed by atoms with Crippen molar-refractivity contribution in [2.45, 2.75) is 76.0 Å². The summed E-state index contributed by atoms with van der Waals surface area (Å²) in [5, 5.41) is 4.84. The molecule has 0 radical (unpaired) electrons. The fraction of sp³-hybridized carbons (Fsp3) is 0.667. The lowest BCUT2D eigenvalue weighted by molar-refractivity contribution is 0.194. The molecule has 0 aliphatic heterocycles. The Kier molecular flexibility index (Phi) is 15.0. The van der Waals surface area contributed by atoms with Crippen molar-refractivity contribution in [2.75, 3.05) is 34.1 Å². The molecule has 188 valence electrons. The first-order valence-electron chi connectivity index (χ1n) is 11.7. The highest BCUT2D eigenvalue weighted by molar-refractivity contribution is 7.99. The van der Waals surface area contributed by atoms with Gasteiger partial charge in [-0.3, -0.25) is 0 Å². The number of benzene rings is 1.